The number of hydrogen-bond acceptors (Lipinski definition) is 5. The van der Waals surface area contributed by atoms with Gasteiger partial charge in [0.05, 0.1) is 25.4 Å². The highest BCUT2D eigenvalue weighted by molar-refractivity contribution is 6.30. The first-order chi connectivity index (χ1) is 16.7. The Hall–Kier alpha value is -2.17. The zero-order valence-corrected chi connectivity index (χ0v) is 19.8. The van der Waals surface area contributed by atoms with Crippen molar-refractivity contribution >= 4 is 17.5 Å². The molecule has 1 amide bonds. The number of carbonyl (C=O) groups excluding carboxylic acids is 1. The van der Waals surface area contributed by atoms with E-state index in [0.717, 1.165) is 50.3 Å². The molecule has 1 aromatic heterocycles. The molecule has 186 valence electrons. The number of likely N-dealkylation sites (tertiary alicyclic amines) is 1. The van der Waals surface area contributed by atoms with Gasteiger partial charge in [-0.05, 0) is 49.4 Å². The first-order valence-corrected chi connectivity index (χ1v) is 12.5. The van der Waals surface area contributed by atoms with Crippen molar-refractivity contribution in [1.29, 1.82) is 0 Å². The summed E-state index contributed by atoms with van der Waals surface area (Å²) in [5, 5.41) is 9.34. The second-order valence-electron chi connectivity index (χ2n) is 11.0. The van der Waals surface area contributed by atoms with Gasteiger partial charge in [-0.1, -0.05) is 11.6 Å². The van der Waals surface area contributed by atoms with E-state index in [4.69, 9.17) is 16.3 Å². The van der Waals surface area contributed by atoms with Gasteiger partial charge in [0, 0.05) is 41.9 Å². The van der Waals surface area contributed by atoms with Crippen LogP contribution in [0.5, 0.6) is 0 Å². The minimum atomic E-state index is -4.43. The van der Waals surface area contributed by atoms with Crippen LogP contribution in [0.4, 0.5) is 13.2 Å². The van der Waals surface area contributed by atoms with Crippen molar-refractivity contribution in [2.24, 2.45) is 11.3 Å². The molecule has 2 saturated heterocycles. The summed E-state index contributed by atoms with van der Waals surface area (Å²) in [7, 11) is 0. The van der Waals surface area contributed by atoms with Crippen molar-refractivity contribution in [2.75, 3.05) is 26.3 Å². The molecule has 1 spiro atoms. The number of nitrogens with zero attached hydrogens (tertiary/aromatic N) is 5. The average Bonchev–Trinajstić information content (AvgIpc) is 3.48. The number of halogens is 4. The molecular formula is C24H25ClF3N5O2. The largest absolute Gasteiger partial charge is 0.411 e. The highest BCUT2D eigenvalue weighted by atomic mass is 35.5. The highest BCUT2D eigenvalue weighted by Crippen LogP contribution is 2.57. The van der Waals surface area contributed by atoms with Gasteiger partial charge in [0.15, 0.2) is 11.4 Å². The van der Waals surface area contributed by atoms with Crippen molar-refractivity contribution in [3.63, 3.8) is 0 Å². The Morgan fingerprint density at radius 1 is 1.11 bits per heavy atom. The molecule has 0 radical (unpaired) electrons. The third kappa shape index (κ3) is 3.22. The number of benzene rings is 1. The molecule has 0 N–H and O–H groups in total. The SMILES string of the molecule is O=C(C1CC1)N1CC2(CC(c3nnc4n3-c3ccc(Cl)cc3CN(C3(C(F)(F)F)COC3)C4)C2)C1. The van der Waals surface area contributed by atoms with Crippen LogP contribution in [0.1, 0.15) is 48.8 Å². The molecule has 0 unspecified atom stereocenters. The number of ether oxygens (including phenoxy) is 1. The minimum Gasteiger partial charge on any atom is -0.377 e. The maximum Gasteiger partial charge on any atom is 0.411 e. The van der Waals surface area contributed by atoms with Gasteiger partial charge in [-0.2, -0.15) is 13.2 Å². The number of fused-ring (bicyclic) bond motifs is 3. The van der Waals surface area contributed by atoms with Crippen LogP contribution in [0.3, 0.4) is 0 Å². The van der Waals surface area contributed by atoms with Gasteiger partial charge >= 0.3 is 6.18 Å². The Labute approximate surface area is 205 Å². The van der Waals surface area contributed by atoms with E-state index < -0.39 is 24.9 Å². The molecule has 4 heterocycles. The first kappa shape index (κ1) is 22.1. The van der Waals surface area contributed by atoms with E-state index in [0.29, 0.717) is 22.3 Å². The van der Waals surface area contributed by atoms with E-state index in [1.807, 2.05) is 15.5 Å². The maximum absolute atomic E-state index is 14.2. The topological polar surface area (TPSA) is 63.5 Å². The summed E-state index contributed by atoms with van der Waals surface area (Å²) < 4.78 is 49.5. The lowest BCUT2D eigenvalue weighted by molar-refractivity contribution is -0.310. The van der Waals surface area contributed by atoms with Crippen LogP contribution in [-0.2, 0) is 22.6 Å². The van der Waals surface area contributed by atoms with Gasteiger partial charge in [-0.25, -0.2) is 0 Å². The summed E-state index contributed by atoms with van der Waals surface area (Å²) in [6, 6.07) is 5.34. The quantitative estimate of drug-likeness (QED) is 0.634. The van der Waals surface area contributed by atoms with Crippen molar-refractivity contribution in [1.82, 2.24) is 24.6 Å². The number of carbonyl (C=O) groups is 1. The first-order valence-electron chi connectivity index (χ1n) is 12.1. The van der Waals surface area contributed by atoms with Crippen LogP contribution in [0.15, 0.2) is 18.2 Å². The maximum atomic E-state index is 14.2. The Bertz CT molecular complexity index is 1210. The third-order valence-corrected chi connectivity index (χ3v) is 8.80. The predicted octanol–water partition coefficient (Wildman–Crippen LogP) is 3.68. The molecule has 7 rings (SSSR count). The zero-order valence-electron chi connectivity index (χ0n) is 19.0. The van der Waals surface area contributed by atoms with Gasteiger partial charge < -0.3 is 9.64 Å². The van der Waals surface area contributed by atoms with E-state index in [9.17, 15) is 18.0 Å². The van der Waals surface area contributed by atoms with Crippen LogP contribution in [0.2, 0.25) is 5.02 Å². The van der Waals surface area contributed by atoms with Gasteiger partial charge in [-0.3, -0.25) is 14.3 Å². The van der Waals surface area contributed by atoms with Crippen LogP contribution in [0, 0.1) is 11.3 Å². The number of hydrogen-bond donors (Lipinski definition) is 0. The molecule has 4 fully saturated rings. The number of rotatable bonds is 3. The molecule has 1 aromatic carbocycles. The molecule has 0 atom stereocenters. The fourth-order valence-corrected chi connectivity index (χ4v) is 6.54. The van der Waals surface area contributed by atoms with E-state index in [1.165, 1.54) is 4.90 Å². The second kappa shape index (κ2) is 7.20. The van der Waals surface area contributed by atoms with Crippen molar-refractivity contribution < 1.29 is 22.7 Å². The standard InChI is InChI=1S/C24H25ClF3N5O2/c25-17-3-4-18-15(5-17)8-32(23(12-35-13-23)24(26,27)28)9-19-29-30-20(33(18)19)16-6-22(7-16)10-31(11-22)21(34)14-1-2-14/h3-5,14,16H,1-2,6-13H2. The van der Waals surface area contributed by atoms with E-state index >= 15 is 0 Å². The molecule has 3 aliphatic heterocycles. The molecule has 2 aromatic rings. The lowest BCUT2D eigenvalue weighted by Gasteiger charge is -2.58. The lowest BCUT2D eigenvalue weighted by atomic mass is 9.57. The summed E-state index contributed by atoms with van der Waals surface area (Å²) in [6.07, 6.45) is -0.590. The number of amides is 1. The lowest BCUT2D eigenvalue weighted by Crippen LogP contribution is -2.69. The normalized spacial score (nSPS) is 25.2. The molecule has 11 heteroatoms. The molecular weight excluding hydrogens is 483 g/mol. The molecule has 2 aliphatic carbocycles. The van der Waals surface area contributed by atoms with Crippen LogP contribution in [0.25, 0.3) is 5.69 Å². The second-order valence-corrected chi connectivity index (χ2v) is 11.5. The predicted molar refractivity (Wildman–Crippen MR) is 119 cm³/mol. The molecule has 7 nitrogen and oxygen atoms in total. The monoisotopic (exact) mass is 507 g/mol. The van der Waals surface area contributed by atoms with Crippen molar-refractivity contribution in [3.8, 4) is 5.69 Å². The zero-order chi connectivity index (χ0) is 24.2. The number of aromatic nitrogens is 3. The Morgan fingerprint density at radius 2 is 1.86 bits per heavy atom. The van der Waals surface area contributed by atoms with E-state index in [1.54, 1.807) is 12.1 Å². The summed E-state index contributed by atoms with van der Waals surface area (Å²) in [4.78, 5) is 15.7. The molecule has 2 saturated carbocycles. The minimum absolute atomic E-state index is 0.0176. The third-order valence-electron chi connectivity index (χ3n) is 8.56. The molecule has 0 bridgehead atoms. The fourth-order valence-electron chi connectivity index (χ4n) is 6.35. The van der Waals surface area contributed by atoms with Gasteiger partial charge in [0.2, 0.25) is 5.91 Å². The Morgan fingerprint density at radius 3 is 2.49 bits per heavy atom. The van der Waals surface area contributed by atoms with Gasteiger partial charge in [0.25, 0.3) is 0 Å². The van der Waals surface area contributed by atoms with E-state index in [2.05, 4.69) is 10.2 Å². The van der Waals surface area contributed by atoms with Crippen LogP contribution < -0.4 is 0 Å². The Balaban J connectivity index is 1.19. The van der Waals surface area contributed by atoms with Gasteiger partial charge in [0.1, 0.15) is 5.82 Å². The molecule has 35 heavy (non-hydrogen) atoms. The fraction of sp³-hybridized carbons (Fsp3) is 0.625. The average molecular weight is 508 g/mol. The summed E-state index contributed by atoms with van der Waals surface area (Å²) in [6.45, 7) is 0.920. The highest BCUT2D eigenvalue weighted by Gasteiger charge is 2.64. The number of alkyl halides is 3. The summed E-state index contributed by atoms with van der Waals surface area (Å²) in [5.74, 6) is 1.97. The smallest absolute Gasteiger partial charge is 0.377 e. The summed E-state index contributed by atoms with van der Waals surface area (Å²) >= 11 is 6.26. The van der Waals surface area contributed by atoms with Gasteiger partial charge in [-0.15, -0.1) is 10.2 Å². The van der Waals surface area contributed by atoms with Crippen LogP contribution in [-0.4, -0.2) is 68.5 Å². The van der Waals surface area contributed by atoms with E-state index in [-0.39, 0.29) is 30.3 Å². The summed E-state index contributed by atoms with van der Waals surface area (Å²) in [5.41, 5.74) is -0.404. The molecule has 5 aliphatic rings. The van der Waals surface area contributed by atoms with Crippen molar-refractivity contribution in [2.45, 2.75) is 56.4 Å². The van der Waals surface area contributed by atoms with Crippen LogP contribution >= 0.6 is 11.6 Å². The van der Waals surface area contributed by atoms with Crippen molar-refractivity contribution in [3.05, 3.63) is 40.4 Å². The Kier molecular flexibility index (Phi) is 4.54.